The van der Waals surface area contributed by atoms with E-state index in [4.69, 9.17) is 32.7 Å². The fourth-order valence-electron chi connectivity index (χ4n) is 2.88. The van der Waals surface area contributed by atoms with E-state index < -0.39 is 0 Å². The van der Waals surface area contributed by atoms with Crippen LogP contribution in [0.2, 0.25) is 10.0 Å². The molecule has 0 aliphatic rings. The molecule has 0 aliphatic heterocycles. The van der Waals surface area contributed by atoms with Crippen molar-refractivity contribution >= 4 is 34.9 Å². The van der Waals surface area contributed by atoms with Crippen LogP contribution in [0, 0.1) is 0 Å². The number of nitrogens with zero attached hydrogens (tertiary/aromatic N) is 2. The van der Waals surface area contributed by atoms with Gasteiger partial charge in [-0.2, -0.15) is 5.10 Å². The van der Waals surface area contributed by atoms with E-state index in [1.807, 2.05) is 24.3 Å². The maximum absolute atomic E-state index is 12.4. The molecule has 0 saturated carbocycles. The molecule has 2 aromatic carbocycles. The second-order valence-corrected chi connectivity index (χ2v) is 7.19. The van der Waals surface area contributed by atoms with E-state index in [0.29, 0.717) is 46.7 Å². The minimum Gasteiger partial charge on any atom is -0.493 e. The highest BCUT2D eigenvalue weighted by molar-refractivity contribution is 6.35. The second kappa shape index (κ2) is 9.67. The van der Waals surface area contributed by atoms with E-state index in [1.165, 1.54) is 0 Å². The maximum Gasteiger partial charge on any atom is 0.225 e. The predicted octanol–water partition coefficient (Wildman–Crippen LogP) is 4.83. The predicted molar refractivity (Wildman–Crippen MR) is 114 cm³/mol. The van der Waals surface area contributed by atoms with Gasteiger partial charge in [0, 0.05) is 22.5 Å². The molecule has 152 valence electrons. The van der Waals surface area contributed by atoms with Crippen LogP contribution >= 0.6 is 23.2 Å². The van der Waals surface area contributed by atoms with Gasteiger partial charge in [-0.1, -0.05) is 35.3 Å². The normalized spacial score (nSPS) is 10.6. The van der Waals surface area contributed by atoms with Gasteiger partial charge in [0.15, 0.2) is 11.5 Å². The zero-order chi connectivity index (χ0) is 20.8. The average molecular weight is 434 g/mol. The number of rotatable bonds is 8. The molecular formula is C21H21Cl2N3O3. The topological polar surface area (TPSA) is 65.4 Å². The van der Waals surface area contributed by atoms with Crippen LogP contribution in [-0.2, 0) is 17.8 Å². The van der Waals surface area contributed by atoms with Gasteiger partial charge in [-0.05, 0) is 41.8 Å². The number of aryl methyl sites for hydroxylation is 1. The van der Waals surface area contributed by atoms with E-state index in [1.54, 1.807) is 43.3 Å². The Bertz CT molecular complexity index is 1000. The fraction of sp³-hybridized carbons (Fsp3) is 0.238. The van der Waals surface area contributed by atoms with Crippen LogP contribution in [0.25, 0.3) is 0 Å². The molecule has 3 aromatic rings. The Morgan fingerprint density at radius 1 is 1.07 bits per heavy atom. The number of hydrogen-bond acceptors (Lipinski definition) is 4. The standard InChI is InChI=1S/C21H21Cl2N3O3/c1-28-18-7-3-14(11-19(18)29-2)4-8-21(27)25-20-9-10-24-26(20)13-15-5-6-16(22)12-17(15)23/h3,5-7,9-12H,4,8,13H2,1-2H3,(H,25,27). The van der Waals surface area contributed by atoms with Crippen LogP contribution < -0.4 is 14.8 Å². The summed E-state index contributed by atoms with van der Waals surface area (Å²) in [4.78, 5) is 12.4. The van der Waals surface area contributed by atoms with Gasteiger partial charge in [0.1, 0.15) is 5.82 Å². The maximum atomic E-state index is 12.4. The smallest absolute Gasteiger partial charge is 0.225 e. The Hall–Kier alpha value is -2.70. The summed E-state index contributed by atoms with van der Waals surface area (Å²) in [5.74, 6) is 1.80. The highest BCUT2D eigenvalue weighted by atomic mass is 35.5. The van der Waals surface area contributed by atoms with Crippen LogP contribution in [0.1, 0.15) is 17.5 Å². The molecular weight excluding hydrogens is 413 g/mol. The highest BCUT2D eigenvalue weighted by Crippen LogP contribution is 2.28. The summed E-state index contributed by atoms with van der Waals surface area (Å²) in [7, 11) is 3.17. The van der Waals surface area contributed by atoms with Gasteiger partial charge >= 0.3 is 0 Å². The minimum absolute atomic E-state index is 0.108. The zero-order valence-electron chi connectivity index (χ0n) is 16.1. The molecule has 3 rings (SSSR count). The Labute approximate surface area is 179 Å². The van der Waals surface area contributed by atoms with Gasteiger partial charge in [0.25, 0.3) is 0 Å². The van der Waals surface area contributed by atoms with Gasteiger partial charge in [-0.25, -0.2) is 4.68 Å². The first kappa shape index (κ1) is 21.0. The number of carbonyl (C=O) groups excluding carboxylic acids is 1. The summed E-state index contributed by atoms with van der Waals surface area (Å²) in [6.45, 7) is 0.425. The number of aromatic nitrogens is 2. The molecule has 1 N–H and O–H groups in total. The van der Waals surface area contributed by atoms with Crippen LogP contribution in [0.4, 0.5) is 5.82 Å². The van der Waals surface area contributed by atoms with Gasteiger partial charge in [0.05, 0.1) is 27.0 Å². The average Bonchev–Trinajstić information content (AvgIpc) is 3.14. The molecule has 29 heavy (non-hydrogen) atoms. The summed E-state index contributed by atoms with van der Waals surface area (Å²) in [6.07, 6.45) is 2.53. The zero-order valence-corrected chi connectivity index (χ0v) is 17.6. The van der Waals surface area contributed by atoms with Crippen molar-refractivity contribution in [2.45, 2.75) is 19.4 Å². The summed E-state index contributed by atoms with van der Waals surface area (Å²) in [5, 5.41) is 8.29. The second-order valence-electron chi connectivity index (χ2n) is 6.35. The van der Waals surface area contributed by atoms with Crippen LogP contribution in [0.15, 0.2) is 48.7 Å². The molecule has 6 nitrogen and oxygen atoms in total. The first-order valence-corrected chi connectivity index (χ1v) is 9.72. The summed E-state index contributed by atoms with van der Waals surface area (Å²) < 4.78 is 12.2. The molecule has 8 heteroatoms. The van der Waals surface area contributed by atoms with E-state index in [0.717, 1.165) is 11.1 Å². The first-order valence-electron chi connectivity index (χ1n) is 8.96. The van der Waals surface area contributed by atoms with Crippen molar-refractivity contribution in [3.8, 4) is 11.5 Å². The lowest BCUT2D eigenvalue weighted by atomic mass is 10.1. The number of ether oxygens (including phenoxy) is 2. The lowest BCUT2D eigenvalue weighted by Crippen LogP contribution is -2.16. The Morgan fingerprint density at radius 3 is 2.59 bits per heavy atom. The first-order chi connectivity index (χ1) is 14.0. The Kier molecular flexibility index (Phi) is 7.01. The van der Waals surface area contributed by atoms with E-state index in [2.05, 4.69) is 10.4 Å². The Balaban J connectivity index is 1.61. The minimum atomic E-state index is -0.108. The third kappa shape index (κ3) is 5.43. The molecule has 0 radical (unpaired) electrons. The van der Waals surface area contributed by atoms with Crippen LogP contribution in [0.3, 0.4) is 0 Å². The van der Waals surface area contributed by atoms with Gasteiger partial charge in [-0.3, -0.25) is 4.79 Å². The van der Waals surface area contributed by atoms with Crippen molar-refractivity contribution < 1.29 is 14.3 Å². The van der Waals surface area contributed by atoms with Crippen molar-refractivity contribution in [1.82, 2.24) is 9.78 Å². The summed E-state index contributed by atoms with van der Waals surface area (Å²) in [5.41, 5.74) is 1.85. The third-order valence-corrected chi connectivity index (χ3v) is 4.99. The summed E-state index contributed by atoms with van der Waals surface area (Å²) in [6, 6.07) is 12.7. The fourth-order valence-corrected chi connectivity index (χ4v) is 3.34. The number of benzene rings is 2. The molecule has 0 saturated heterocycles. The van der Waals surface area contributed by atoms with Crippen molar-refractivity contribution in [2.24, 2.45) is 0 Å². The largest absolute Gasteiger partial charge is 0.493 e. The number of hydrogen-bond donors (Lipinski definition) is 1. The van der Waals surface area contributed by atoms with Crippen molar-refractivity contribution in [3.63, 3.8) is 0 Å². The number of halogens is 2. The number of carbonyl (C=O) groups is 1. The molecule has 0 aliphatic carbocycles. The van der Waals surface area contributed by atoms with Crippen LogP contribution in [0.5, 0.6) is 11.5 Å². The number of anilines is 1. The summed E-state index contributed by atoms with van der Waals surface area (Å²) >= 11 is 12.2. The van der Waals surface area contributed by atoms with Crippen molar-refractivity contribution in [3.05, 3.63) is 69.8 Å². The monoisotopic (exact) mass is 433 g/mol. The highest BCUT2D eigenvalue weighted by Gasteiger charge is 2.11. The molecule has 0 spiro atoms. The molecule has 0 atom stereocenters. The number of amides is 1. The van der Waals surface area contributed by atoms with Gasteiger partial charge < -0.3 is 14.8 Å². The van der Waals surface area contributed by atoms with E-state index >= 15 is 0 Å². The van der Waals surface area contributed by atoms with E-state index in [-0.39, 0.29) is 5.91 Å². The molecule has 0 bridgehead atoms. The lowest BCUT2D eigenvalue weighted by molar-refractivity contribution is -0.116. The molecule has 0 unspecified atom stereocenters. The number of methoxy groups -OCH3 is 2. The van der Waals surface area contributed by atoms with E-state index in [9.17, 15) is 4.79 Å². The molecule has 1 aromatic heterocycles. The van der Waals surface area contributed by atoms with Gasteiger partial charge in [0.2, 0.25) is 5.91 Å². The van der Waals surface area contributed by atoms with Crippen molar-refractivity contribution in [2.75, 3.05) is 19.5 Å². The SMILES string of the molecule is COc1ccc(CCC(=O)Nc2ccnn2Cc2ccc(Cl)cc2Cl)cc1OC. The van der Waals surface area contributed by atoms with Gasteiger partial charge in [-0.15, -0.1) is 0 Å². The lowest BCUT2D eigenvalue weighted by Gasteiger charge is -2.11. The molecule has 1 heterocycles. The quantitative estimate of drug-likeness (QED) is 0.552. The molecule has 1 amide bonds. The van der Waals surface area contributed by atoms with Crippen LogP contribution in [-0.4, -0.2) is 29.9 Å². The molecule has 0 fully saturated rings. The third-order valence-electron chi connectivity index (χ3n) is 4.41. The Morgan fingerprint density at radius 2 is 1.86 bits per heavy atom. The van der Waals surface area contributed by atoms with Crippen molar-refractivity contribution in [1.29, 1.82) is 0 Å². The number of nitrogens with one attached hydrogen (secondary N) is 1.